The minimum atomic E-state index is -0.0602. The van der Waals surface area contributed by atoms with Crippen molar-refractivity contribution in [1.82, 2.24) is 14.6 Å². The van der Waals surface area contributed by atoms with Crippen molar-refractivity contribution in [3.63, 3.8) is 0 Å². The lowest BCUT2D eigenvalue weighted by Gasteiger charge is -2.04. The third-order valence-corrected chi connectivity index (χ3v) is 4.44. The number of aromatic amines is 1. The summed E-state index contributed by atoms with van der Waals surface area (Å²) in [7, 11) is 1.65. The molecular formula is C18H19N3O2. The number of nitrogens with zero attached hydrogens (tertiary/aromatic N) is 2. The molecule has 3 aromatic rings. The quantitative estimate of drug-likeness (QED) is 0.788. The molecule has 4 rings (SSSR count). The van der Waals surface area contributed by atoms with Crippen molar-refractivity contribution in [1.29, 1.82) is 0 Å². The molecule has 0 atom stereocenters. The van der Waals surface area contributed by atoms with E-state index < -0.39 is 0 Å². The molecule has 5 nitrogen and oxygen atoms in total. The van der Waals surface area contributed by atoms with E-state index in [2.05, 4.69) is 5.10 Å². The first-order valence-electron chi connectivity index (χ1n) is 7.99. The number of H-pyrrole nitrogens is 1. The molecule has 0 bridgehead atoms. The van der Waals surface area contributed by atoms with E-state index in [0.29, 0.717) is 5.65 Å². The van der Waals surface area contributed by atoms with Gasteiger partial charge in [0.1, 0.15) is 5.75 Å². The number of hydrogen-bond donors (Lipinski definition) is 1. The van der Waals surface area contributed by atoms with Crippen LogP contribution in [-0.4, -0.2) is 21.7 Å². The Bertz CT molecular complexity index is 906. The minimum Gasteiger partial charge on any atom is -0.497 e. The Labute approximate surface area is 133 Å². The SMILES string of the molecule is COc1cccc(-c2c[nH]n3c(=O)cc(CCC4CC4)nc23)c1. The second-order valence-corrected chi connectivity index (χ2v) is 6.15. The van der Waals surface area contributed by atoms with Gasteiger partial charge in [-0.05, 0) is 36.5 Å². The zero-order chi connectivity index (χ0) is 15.8. The summed E-state index contributed by atoms with van der Waals surface area (Å²) in [5.74, 6) is 1.62. The van der Waals surface area contributed by atoms with Crippen LogP contribution in [0.4, 0.5) is 0 Å². The number of aryl methyl sites for hydroxylation is 1. The van der Waals surface area contributed by atoms with Gasteiger partial charge in [0.15, 0.2) is 5.65 Å². The molecule has 1 N–H and O–H groups in total. The molecule has 2 heterocycles. The van der Waals surface area contributed by atoms with Crippen molar-refractivity contribution in [2.45, 2.75) is 25.7 Å². The maximum Gasteiger partial charge on any atom is 0.272 e. The Kier molecular flexibility index (Phi) is 3.41. The fourth-order valence-electron chi connectivity index (χ4n) is 2.92. The van der Waals surface area contributed by atoms with E-state index in [0.717, 1.165) is 41.3 Å². The average molecular weight is 309 g/mol. The van der Waals surface area contributed by atoms with Gasteiger partial charge in [0.05, 0.1) is 7.11 Å². The summed E-state index contributed by atoms with van der Waals surface area (Å²) in [6.07, 6.45) is 6.46. The second kappa shape index (κ2) is 5.57. The first kappa shape index (κ1) is 14.1. The maximum atomic E-state index is 12.3. The first-order valence-corrected chi connectivity index (χ1v) is 7.99. The van der Waals surface area contributed by atoms with E-state index in [4.69, 9.17) is 9.72 Å². The summed E-state index contributed by atoms with van der Waals surface area (Å²) in [5, 5.41) is 3.00. The van der Waals surface area contributed by atoms with Gasteiger partial charge in [-0.3, -0.25) is 9.89 Å². The van der Waals surface area contributed by atoms with E-state index in [1.165, 1.54) is 17.4 Å². The summed E-state index contributed by atoms with van der Waals surface area (Å²) in [6.45, 7) is 0. The Morgan fingerprint density at radius 1 is 1.35 bits per heavy atom. The lowest BCUT2D eigenvalue weighted by atomic mass is 10.1. The fourth-order valence-corrected chi connectivity index (χ4v) is 2.92. The molecular weight excluding hydrogens is 290 g/mol. The molecule has 0 radical (unpaired) electrons. The third-order valence-electron chi connectivity index (χ3n) is 4.44. The van der Waals surface area contributed by atoms with Crippen LogP contribution < -0.4 is 10.3 Å². The standard InChI is InChI=1S/C18H19N3O2/c1-23-15-4-2-3-13(9-15)16-11-19-21-17(22)10-14(20-18(16)21)8-7-12-5-6-12/h2-4,9-12,19H,5-8H2,1H3. The number of rotatable bonds is 5. The summed E-state index contributed by atoms with van der Waals surface area (Å²) >= 11 is 0. The minimum absolute atomic E-state index is 0.0602. The van der Waals surface area contributed by atoms with Gasteiger partial charge in [-0.25, -0.2) is 9.50 Å². The lowest BCUT2D eigenvalue weighted by Crippen LogP contribution is -2.15. The molecule has 1 fully saturated rings. The molecule has 0 spiro atoms. The van der Waals surface area contributed by atoms with E-state index in [1.54, 1.807) is 13.2 Å². The molecule has 0 aliphatic heterocycles. The molecule has 1 aliphatic carbocycles. The van der Waals surface area contributed by atoms with Gasteiger partial charge in [0.2, 0.25) is 0 Å². The van der Waals surface area contributed by atoms with Gasteiger partial charge in [0, 0.05) is 23.5 Å². The number of fused-ring (bicyclic) bond motifs is 1. The van der Waals surface area contributed by atoms with Crippen molar-refractivity contribution in [3.8, 4) is 16.9 Å². The zero-order valence-electron chi connectivity index (χ0n) is 13.1. The predicted molar refractivity (Wildman–Crippen MR) is 88.8 cm³/mol. The highest BCUT2D eigenvalue weighted by Gasteiger charge is 2.21. The van der Waals surface area contributed by atoms with Crippen LogP contribution in [-0.2, 0) is 6.42 Å². The molecule has 5 heteroatoms. The van der Waals surface area contributed by atoms with Gasteiger partial charge in [-0.1, -0.05) is 25.0 Å². The topological polar surface area (TPSA) is 59.4 Å². The Morgan fingerprint density at radius 2 is 2.22 bits per heavy atom. The summed E-state index contributed by atoms with van der Waals surface area (Å²) in [5.41, 5.74) is 3.39. The highest BCUT2D eigenvalue weighted by Crippen LogP contribution is 2.33. The Balaban J connectivity index is 1.78. The number of nitrogens with one attached hydrogen (secondary N) is 1. The van der Waals surface area contributed by atoms with Crippen molar-refractivity contribution in [2.24, 2.45) is 5.92 Å². The maximum absolute atomic E-state index is 12.3. The smallest absolute Gasteiger partial charge is 0.272 e. The van der Waals surface area contributed by atoms with Crippen molar-refractivity contribution < 1.29 is 4.74 Å². The fraction of sp³-hybridized carbons (Fsp3) is 0.333. The Hall–Kier alpha value is -2.56. The van der Waals surface area contributed by atoms with Gasteiger partial charge in [-0.15, -0.1) is 0 Å². The van der Waals surface area contributed by atoms with Gasteiger partial charge in [-0.2, -0.15) is 0 Å². The summed E-state index contributed by atoms with van der Waals surface area (Å²) in [4.78, 5) is 17.0. The number of benzene rings is 1. The van der Waals surface area contributed by atoms with Gasteiger partial charge >= 0.3 is 0 Å². The largest absolute Gasteiger partial charge is 0.497 e. The van der Waals surface area contributed by atoms with E-state index in [1.807, 2.05) is 30.5 Å². The number of hydrogen-bond acceptors (Lipinski definition) is 3. The summed E-state index contributed by atoms with van der Waals surface area (Å²) < 4.78 is 6.78. The predicted octanol–water partition coefficient (Wildman–Crippen LogP) is 3.04. The zero-order valence-corrected chi connectivity index (χ0v) is 13.1. The van der Waals surface area contributed by atoms with Crippen LogP contribution in [0.3, 0.4) is 0 Å². The molecule has 2 aromatic heterocycles. The van der Waals surface area contributed by atoms with Crippen LogP contribution in [0.5, 0.6) is 5.75 Å². The highest BCUT2D eigenvalue weighted by molar-refractivity contribution is 5.77. The number of aromatic nitrogens is 3. The summed E-state index contributed by atoms with van der Waals surface area (Å²) in [6, 6.07) is 9.42. The van der Waals surface area contributed by atoms with E-state index in [9.17, 15) is 4.79 Å². The normalized spacial score (nSPS) is 14.3. The van der Waals surface area contributed by atoms with Crippen molar-refractivity contribution in [3.05, 3.63) is 52.6 Å². The second-order valence-electron chi connectivity index (χ2n) is 6.15. The molecule has 1 aliphatic rings. The van der Waals surface area contributed by atoms with Crippen LogP contribution >= 0.6 is 0 Å². The van der Waals surface area contributed by atoms with Crippen molar-refractivity contribution >= 4 is 5.65 Å². The van der Waals surface area contributed by atoms with Crippen LogP contribution in [0, 0.1) is 5.92 Å². The van der Waals surface area contributed by atoms with Crippen LogP contribution in [0.25, 0.3) is 16.8 Å². The Morgan fingerprint density at radius 3 is 3.00 bits per heavy atom. The van der Waals surface area contributed by atoms with Crippen LogP contribution in [0.1, 0.15) is 25.0 Å². The lowest BCUT2D eigenvalue weighted by molar-refractivity contribution is 0.415. The van der Waals surface area contributed by atoms with Crippen molar-refractivity contribution in [2.75, 3.05) is 7.11 Å². The molecule has 0 unspecified atom stereocenters. The molecule has 1 aromatic carbocycles. The average Bonchev–Trinajstić information content (AvgIpc) is 3.30. The van der Waals surface area contributed by atoms with E-state index >= 15 is 0 Å². The highest BCUT2D eigenvalue weighted by atomic mass is 16.5. The molecule has 1 saturated carbocycles. The monoisotopic (exact) mass is 309 g/mol. The molecule has 23 heavy (non-hydrogen) atoms. The van der Waals surface area contributed by atoms with Crippen LogP contribution in [0.2, 0.25) is 0 Å². The third kappa shape index (κ3) is 2.74. The van der Waals surface area contributed by atoms with Gasteiger partial charge in [0.25, 0.3) is 5.56 Å². The van der Waals surface area contributed by atoms with E-state index in [-0.39, 0.29) is 5.56 Å². The number of ether oxygens (including phenoxy) is 1. The molecule has 0 amide bonds. The number of methoxy groups -OCH3 is 1. The molecule has 0 saturated heterocycles. The van der Waals surface area contributed by atoms with Gasteiger partial charge < -0.3 is 4.74 Å². The molecule has 118 valence electrons. The van der Waals surface area contributed by atoms with Crippen LogP contribution in [0.15, 0.2) is 41.3 Å². The first-order chi connectivity index (χ1) is 11.2.